The Morgan fingerprint density at radius 2 is 2.19 bits per heavy atom. The molecule has 0 spiro atoms. The summed E-state index contributed by atoms with van der Waals surface area (Å²) in [5.41, 5.74) is 1.05. The van der Waals surface area contributed by atoms with Crippen molar-refractivity contribution in [1.29, 1.82) is 0 Å². The minimum Gasteiger partial charge on any atom is -0.479 e. The van der Waals surface area contributed by atoms with Crippen LogP contribution in [0.4, 0.5) is 5.82 Å². The summed E-state index contributed by atoms with van der Waals surface area (Å²) in [6.07, 6.45) is 3.66. The number of anilines is 1. The molecule has 31 heavy (non-hydrogen) atoms. The van der Waals surface area contributed by atoms with E-state index in [9.17, 15) is 4.79 Å². The topological polar surface area (TPSA) is 109 Å². The van der Waals surface area contributed by atoms with Gasteiger partial charge in [0, 0.05) is 24.1 Å². The predicted molar refractivity (Wildman–Crippen MR) is 112 cm³/mol. The molecule has 10 nitrogen and oxygen atoms in total. The Morgan fingerprint density at radius 3 is 2.94 bits per heavy atom. The lowest BCUT2D eigenvalue weighted by atomic mass is 9.89. The molecule has 3 aromatic rings. The molecule has 0 unspecified atom stereocenters. The number of carbonyl (C=O) groups excluding carboxylic acids is 1. The number of carbonyl (C=O) groups is 1. The van der Waals surface area contributed by atoms with Crippen molar-refractivity contribution < 1.29 is 14.3 Å². The van der Waals surface area contributed by atoms with E-state index in [-0.39, 0.29) is 17.2 Å². The maximum atomic E-state index is 13.0. The number of rotatable bonds is 6. The highest BCUT2D eigenvalue weighted by Gasteiger charge is 2.34. The molecule has 1 fully saturated rings. The van der Waals surface area contributed by atoms with Crippen LogP contribution in [0.15, 0.2) is 24.4 Å². The molecule has 3 aromatic heterocycles. The Kier molecular flexibility index (Phi) is 4.73. The molecule has 1 saturated heterocycles. The van der Waals surface area contributed by atoms with Crippen LogP contribution in [0.3, 0.4) is 0 Å². The molecule has 1 amide bonds. The zero-order valence-electron chi connectivity index (χ0n) is 17.8. The highest BCUT2D eigenvalue weighted by molar-refractivity contribution is 6.05. The lowest BCUT2D eigenvalue weighted by Gasteiger charge is -2.37. The van der Waals surface area contributed by atoms with Gasteiger partial charge in [0.2, 0.25) is 5.88 Å². The molecule has 1 N–H and O–H groups in total. The van der Waals surface area contributed by atoms with Gasteiger partial charge in [-0.15, -0.1) is 15.3 Å². The molecule has 0 bridgehead atoms. The molecular formula is C21H25N7O3. The summed E-state index contributed by atoms with van der Waals surface area (Å²) < 4.78 is 14.5. The zero-order valence-corrected chi connectivity index (χ0v) is 17.8. The van der Waals surface area contributed by atoms with E-state index in [1.54, 1.807) is 16.9 Å². The molecule has 10 heteroatoms. The number of amides is 1. The summed E-state index contributed by atoms with van der Waals surface area (Å²) in [4.78, 5) is 17.5. The Balaban J connectivity index is 1.37. The van der Waals surface area contributed by atoms with Gasteiger partial charge in [-0.05, 0) is 25.5 Å². The van der Waals surface area contributed by atoms with Crippen LogP contribution in [-0.4, -0.2) is 55.8 Å². The van der Waals surface area contributed by atoms with Gasteiger partial charge in [0.15, 0.2) is 5.82 Å². The smallest absolute Gasteiger partial charge is 0.263 e. The van der Waals surface area contributed by atoms with Crippen molar-refractivity contribution in [2.24, 2.45) is 5.41 Å². The van der Waals surface area contributed by atoms with Crippen molar-refractivity contribution in [1.82, 2.24) is 29.5 Å². The van der Waals surface area contributed by atoms with Gasteiger partial charge in [-0.3, -0.25) is 9.48 Å². The number of aromatic nitrogens is 6. The fraction of sp³-hybridized carbons (Fsp3) is 0.476. The second kappa shape index (κ2) is 7.45. The van der Waals surface area contributed by atoms with Crippen LogP contribution in [0.2, 0.25) is 0 Å². The summed E-state index contributed by atoms with van der Waals surface area (Å²) in [6.45, 7) is 6.29. The first-order valence-electron chi connectivity index (χ1n) is 10.4. The number of pyridine rings is 1. The van der Waals surface area contributed by atoms with Crippen LogP contribution in [0.5, 0.6) is 5.88 Å². The first-order valence-corrected chi connectivity index (χ1v) is 10.4. The van der Waals surface area contributed by atoms with E-state index in [0.29, 0.717) is 42.9 Å². The van der Waals surface area contributed by atoms with Gasteiger partial charge in [-0.1, -0.05) is 13.0 Å². The van der Waals surface area contributed by atoms with Gasteiger partial charge < -0.3 is 19.4 Å². The quantitative estimate of drug-likeness (QED) is 0.648. The number of aryl methyl sites for hydroxylation is 1. The second-order valence-corrected chi connectivity index (χ2v) is 8.61. The first-order chi connectivity index (χ1) is 15.0. The van der Waals surface area contributed by atoms with Crippen LogP contribution < -0.4 is 10.1 Å². The molecule has 0 aliphatic carbocycles. The van der Waals surface area contributed by atoms with Crippen LogP contribution >= 0.6 is 0 Å². The molecule has 162 valence electrons. The summed E-state index contributed by atoms with van der Waals surface area (Å²) in [6, 6.07) is 5.79. The number of fused-ring (bicyclic) bond motifs is 1. The standard InChI is InChI=1S/C21H25N7O3/c1-13-7-8-17-24-25-18(28(13)17)15-5-4-6-16(22-15)23-19(29)14-9-27(26-20(14)30-3)10-21(2)11-31-12-21/h4-6,9,13H,7-8,10-12H2,1-3H3,(H,22,23,29)/t13-/m0/s1. The van der Waals surface area contributed by atoms with Crippen molar-refractivity contribution in [3.63, 3.8) is 0 Å². The molecule has 5 heterocycles. The van der Waals surface area contributed by atoms with E-state index in [1.807, 2.05) is 12.1 Å². The van der Waals surface area contributed by atoms with Gasteiger partial charge >= 0.3 is 0 Å². The number of nitrogens with zero attached hydrogens (tertiary/aromatic N) is 6. The summed E-state index contributed by atoms with van der Waals surface area (Å²) in [7, 11) is 1.50. The number of hydrogen-bond acceptors (Lipinski definition) is 7. The molecule has 2 aliphatic heterocycles. The first kappa shape index (κ1) is 19.7. The molecule has 1 atom stereocenters. The molecule has 0 saturated carbocycles. The predicted octanol–water partition coefficient (Wildman–Crippen LogP) is 2.34. The van der Waals surface area contributed by atoms with Crippen LogP contribution in [0, 0.1) is 5.41 Å². The Labute approximate surface area is 179 Å². The van der Waals surface area contributed by atoms with E-state index in [1.165, 1.54) is 7.11 Å². The highest BCUT2D eigenvalue weighted by Crippen LogP contribution is 2.31. The number of methoxy groups -OCH3 is 1. The minimum atomic E-state index is -0.331. The monoisotopic (exact) mass is 423 g/mol. The van der Waals surface area contributed by atoms with Gasteiger partial charge in [-0.2, -0.15) is 0 Å². The third kappa shape index (κ3) is 3.56. The third-order valence-electron chi connectivity index (χ3n) is 5.82. The van der Waals surface area contributed by atoms with Crippen molar-refractivity contribution in [3.05, 3.63) is 35.8 Å². The summed E-state index contributed by atoms with van der Waals surface area (Å²) in [5.74, 6) is 2.07. The molecule has 2 aliphatic rings. The van der Waals surface area contributed by atoms with Crippen molar-refractivity contribution in [3.8, 4) is 17.4 Å². The normalized spacial score (nSPS) is 19.0. The SMILES string of the molecule is COc1nn(CC2(C)COC2)cc1C(=O)Nc1cccc(-c2nnc3n2[C@@H](C)CC3)n1. The average Bonchev–Trinajstić information content (AvgIpc) is 3.43. The molecule has 0 radical (unpaired) electrons. The Hall–Kier alpha value is -3.27. The largest absolute Gasteiger partial charge is 0.479 e. The number of nitrogens with one attached hydrogen (secondary N) is 1. The van der Waals surface area contributed by atoms with E-state index >= 15 is 0 Å². The van der Waals surface area contributed by atoms with Crippen molar-refractivity contribution in [2.75, 3.05) is 25.6 Å². The van der Waals surface area contributed by atoms with E-state index in [0.717, 1.165) is 24.5 Å². The van der Waals surface area contributed by atoms with Gasteiger partial charge in [0.1, 0.15) is 22.9 Å². The molecule has 0 aromatic carbocycles. The summed E-state index contributed by atoms with van der Waals surface area (Å²) in [5, 5.41) is 15.8. The highest BCUT2D eigenvalue weighted by atomic mass is 16.5. The fourth-order valence-corrected chi connectivity index (χ4v) is 4.14. The Morgan fingerprint density at radius 1 is 1.35 bits per heavy atom. The fourth-order valence-electron chi connectivity index (χ4n) is 4.14. The third-order valence-corrected chi connectivity index (χ3v) is 5.82. The average molecular weight is 423 g/mol. The van der Waals surface area contributed by atoms with E-state index < -0.39 is 0 Å². The van der Waals surface area contributed by atoms with Gasteiger partial charge in [0.25, 0.3) is 5.91 Å². The number of ether oxygens (including phenoxy) is 2. The lowest BCUT2D eigenvalue weighted by Crippen LogP contribution is -2.43. The van der Waals surface area contributed by atoms with Crippen LogP contribution in [0.25, 0.3) is 11.5 Å². The van der Waals surface area contributed by atoms with Gasteiger partial charge in [-0.25, -0.2) is 4.98 Å². The minimum absolute atomic E-state index is 0.0241. The maximum Gasteiger partial charge on any atom is 0.263 e. The summed E-state index contributed by atoms with van der Waals surface area (Å²) >= 11 is 0. The lowest BCUT2D eigenvalue weighted by molar-refractivity contribution is -0.111. The maximum absolute atomic E-state index is 13.0. The number of hydrogen-bond donors (Lipinski definition) is 1. The molecule has 5 rings (SSSR count). The van der Waals surface area contributed by atoms with Crippen LogP contribution in [-0.2, 0) is 17.7 Å². The molecular weight excluding hydrogens is 398 g/mol. The van der Waals surface area contributed by atoms with Gasteiger partial charge in [0.05, 0.1) is 26.9 Å². The van der Waals surface area contributed by atoms with Crippen LogP contribution in [0.1, 0.15) is 42.5 Å². The van der Waals surface area contributed by atoms with Crippen molar-refractivity contribution in [2.45, 2.75) is 39.3 Å². The van der Waals surface area contributed by atoms with E-state index in [2.05, 4.69) is 44.0 Å². The zero-order chi connectivity index (χ0) is 21.6. The second-order valence-electron chi connectivity index (χ2n) is 8.61. The Bertz CT molecular complexity index is 1130. The van der Waals surface area contributed by atoms with E-state index in [4.69, 9.17) is 9.47 Å². The van der Waals surface area contributed by atoms with Crippen molar-refractivity contribution >= 4 is 11.7 Å².